The van der Waals surface area contributed by atoms with Gasteiger partial charge in [0, 0.05) is 35.3 Å². The van der Waals surface area contributed by atoms with Crippen LogP contribution in [0.2, 0.25) is 0 Å². The molecule has 1 atom stereocenters. The molecule has 0 fully saturated rings. The Labute approximate surface area is 378 Å². The summed E-state index contributed by atoms with van der Waals surface area (Å²) >= 11 is 0. The van der Waals surface area contributed by atoms with Crippen LogP contribution in [0.25, 0.3) is 33.4 Å². The molecule has 0 aromatic heterocycles. The van der Waals surface area contributed by atoms with E-state index in [-0.39, 0.29) is 0 Å². The molecule has 1 unspecified atom stereocenters. The molecule has 0 spiro atoms. The summed E-state index contributed by atoms with van der Waals surface area (Å²) in [6.07, 6.45) is 29.9. The molecule has 1 aliphatic carbocycles. The van der Waals surface area contributed by atoms with Crippen LogP contribution in [0.3, 0.4) is 0 Å². The van der Waals surface area contributed by atoms with E-state index >= 15 is 0 Å². The third-order valence-corrected chi connectivity index (χ3v) is 12.0. The minimum absolute atomic E-state index is 0.334. The average Bonchev–Trinajstić information content (AvgIpc) is 3.35. The molecule has 0 saturated heterocycles. The van der Waals surface area contributed by atoms with Gasteiger partial charge < -0.3 is 9.80 Å². The highest BCUT2D eigenvalue weighted by Crippen LogP contribution is 2.37. The lowest BCUT2D eigenvalue weighted by Gasteiger charge is -2.32. The molecule has 0 heterocycles. The van der Waals surface area contributed by atoms with Crippen molar-refractivity contribution < 1.29 is 0 Å². The van der Waals surface area contributed by atoms with Gasteiger partial charge in [0.1, 0.15) is 0 Å². The van der Waals surface area contributed by atoms with Gasteiger partial charge in [-0.25, -0.2) is 0 Å². The van der Waals surface area contributed by atoms with E-state index in [0.717, 1.165) is 55.7 Å². The zero-order valence-electron chi connectivity index (χ0n) is 37.6. The van der Waals surface area contributed by atoms with Crippen LogP contribution < -0.4 is 9.80 Å². The molecule has 1 aliphatic rings. The van der Waals surface area contributed by atoms with Crippen molar-refractivity contribution >= 4 is 33.9 Å². The van der Waals surface area contributed by atoms with Gasteiger partial charge in [0.15, 0.2) is 0 Å². The summed E-state index contributed by atoms with van der Waals surface area (Å²) in [6, 6.07) is 57.7. The highest BCUT2D eigenvalue weighted by atomic mass is 15.2. The molecule has 6 aromatic carbocycles. The maximum atomic E-state index is 2.59. The van der Waals surface area contributed by atoms with Crippen LogP contribution >= 0.6 is 0 Å². The van der Waals surface area contributed by atoms with E-state index in [1.54, 1.807) is 0 Å². The van der Waals surface area contributed by atoms with Crippen molar-refractivity contribution in [2.24, 2.45) is 0 Å². The molecule has 0 saturated carbocycles. The number of nitrogens with zero attached hydrogens (tertiary/aromatic N) is 2. The van der Waals surface area contributed by atoms with Crippen molar-refractivity contribution in [1.82, 2.24) is 0 Å². The molecule has 316 valence electrons. The molecule has 2 nitrogen and oxygen atoms in total. The van der Waals surface area contributed by atoms with Crippen LogP contribution in [0.4, 0.5) is 22.7 Å². The van der Waals surface area contributed by atoms with Crippen LogP contribution in [0.5, 0.6) is 0 Å². The molecule has 0 N–H and O–H groups in total. The van der Waals surface area contributed by atoms with Crippen LogP contribution in [0, 0.1) is 0 Å². The van der Waals surface area contributed by atoms with E-state index in [4.69, 9.17) is 0 Å². The Kier molecular flexibility index (Phi) is 16.0. The highest BCUT2D eigenvalue weighted by Gasteiger charge is 2.18. The van der Waals surface area contributed by atoms with Gasteiger partial charge in [-0.2, -0.15) is 0 Å². The van der Waals surface area contributed by atoms with Gasteiger partial charge in [0.2, 0.25) is 0 Å². The summed E-state index contributed by atoms with van der Waals surface area (Å²) in [4.78, 5) is 4.94. The fourth-order valence-electron chi connectivity index (χ4n) is 8.26. The Bertz CT molecular complexity index is 2460. The number of benzene rings is 6. The maximum absolute atomic E-state index is 2.59. The topological polar surface area (TPSA) is 6.48 Å². The number of anilines is 4. The van der Waals surface area contributed by atoms with Crippen LogP contribution in [-0.2, 0) is 0 Å². The molecular weight excluding hydrogens is 761 g/mol. The number of hydrogen-bond acceptors (Lipinski definition) is 2. The summed E-state index contributed by atoms with van der Waals surface area (Å²) in [5, 5.41) is 0. The molecule has 0 radical (unpaired) electrons. The van der Waals surface area contributed by atoms with Crippen molar-refractivity contribution in [3.8, 4) is 22.3 Å². The van der Waals surface area contributed by atoms with E-state index in [0.29, 0.717) is 6.04 Å². The standard InChI is InChI=1S/C61H62N2/c1-5-8-9-13-21-49(6-2)22-20-47-62(58-39-32-54(33-40-58)51-23-14-10-15-24-51)57(7-3)38-29-48(4)50-30-41-59(42-31-50)63(60-43-34-55(35-44-60)52-25-16-11-17-26-52)61-45-36-56(37-46-61)53-27-18-12-19-28-53/h5-6,8-9,11-14,16-20,22-37,39-46,57H,7,10,15,21,38,47H2,1-4H3/b8-5-,13-9-,22-20-,48-29+,49-6-. The lowest BCUT2D eigenvalue weighted by Crippen LogP contribution is -2.35. The Morgan fingerprint density at radius 3 is 1.65 bits per heavy atom. The second-order valence-electron chi connectivity index (χ2n) is 16.2. The molecule has 7 rings (SSSR count). The smallest absolute Gasteiger partial charge is 0.0462 e. The van der Waals surface area contributed by atoms with Gasteiger partial charge in [-0.1, -0.05) is 183 Å². The quantitative estimate of drug-likeness (QED) is 0.0797. The average molecular weight is 823 g/mol. The first-order valence-corrected chi connectivity index (χ1v) is 22.8. The molecular formula is C61H62N2. The lowest BCUT2D eigenvalue weighted by molar-refractivity contribution is 0.599. The first-order chi connectivity index (χ1) is 31.0. The first-order valence-electron chi connectivity index (χ1n) is 22.8. The van der Waals surface area contributed by atoms with Crippen LogP contribution in [0.15, 0.2) is 230 Å². The minimum atomic E-state index is 0.334. The van der Waals surface area contributed by atoms with Gasteiger partial charge in [0.25, 0.3) is 0 Å². The van der Waals surface area contributed by atoms with Crippen molar-refractivity contribution in [1.29, 1.82) is 0 Å². The fourth-order valence-corrected chi connectivity index (χ4v) is 8.26. The summed E-state index contributed by atoms with van der Waals surface area (Å²) in [5.74, 6) is 0. The zero-order valence-corrected chi connectivity index (χ0v) is 37.6. The minimum Gasteiger partial charge on any atom is -0.365 e. The molecule has 63 heavy (non-hydrogen) atoms. The second kappa shape index (κ2) is 22.8. The predicted molar refractivity (Wildman–Crippen MR) is 276 cm³/mol. The second-order valence-corrected chi connectivity index (χ2v) is 16.2. The van der Waals surface area contributed by atoms with Crippen molar-refractivity contribution in [2.45, 2.75) is 65.8 Å². The number of hydrogen-bond donors (Lipinski definition) is 0. The van der Waals surface area contributed by atoms with Gasteiger partial charge in [-0.3, -0.25) is 0 Å². The largest absolute Gasteiger partial charge is 0.365 e. The van der Waals surface area contributed by atoms with Crippen molar-refractivity contribution in [3.63, 3.8) is 0 Å². The number of rotatable bonds is 18. The van der Waals surface area contributed by atoms with Gasteiger partial charge in [0.05, 0.1) is 0 Å². The van der Waals surface area contributed by atoms with E-state index in [1.165, 1.54) is 55.8 Å². The summed E-state index contributed by atoms with van der Waals surface area (Å²) in [7, 11) is 0. The third kappa shape index (κ3) is 11.9. The summed E-state index contributed by atoms with van der Waals surface area (Å²) in [5.41, 5.74) is 15.9. The molecule has 0 bridgehead atoms. The normalized spacial score (nSPS) is 13.8. The summed E-state index contributed by atoms with van der Waals surface area (Å²) in [6.45, 7) is 9.60. The van der Waals surface area contributed by atoms with Gasteiger partial charge >= 0.3 is 0 Å². The van der Waals surface area contributed by atoms with Gasteiger partial charge in [-0.15, -0.1) is 0 Å². The Morgan fingerprint density at radius 1 is 0.587 bits per heavy atom. The van der Waals surface area contributed by atoms with Gasteiger partial charge in [-0.05, 0) is 152 Å². The molecule has 0 aliphatic heterocycles. The highest BCUT2D eigenvalue weighted by molar-refractivity contribution is 5.81. The van der Waals surface area contributed by atoms with E-state index < -0.39 is 0 Å². The number of allylic oxidation sites excluding steroid dienone is 12. The van der Waals surface area contributed by atoms with E-state index in [2.05, 4.69) is 262 Å². The Hall–Kier alpha value is -6.90. The Balaban J connectivity index is 1.13. The lowest BCUT2D eigenvalue weighted by atomic mass is 9.98. The van der Waals surface area contributed by atoms with E-state index in [1.807, 2.05) is 0 Å². The molecule has 6 aromatic rings. The monoisotopic (exact) mass is 822 g/mol. The SMILES string of the molecule is C/C=C\C=C/CC(/C=C\CN(c1ccc(C2=CCCC=C2)cc1)C(CC)C/C=C(\C)c1ccc(N(c2ccc(-c3ccccc3)cc2)c2ccc(-c3ccccc3)cc2)cc1)=C/C. The third-order valence-electron chi connectivity index (χ3n) is 12.0. The van der Waals surface area contributed by atoms with E-state index in [9.17, 15) is 0 Å². The zero-order chi connectivity index (χ0) is 43.6. The van der Waals surface area contributed by atoms with Crippen LogP contribution in [0.1, 0.15) is 70.9 Å². The Morgan fingerprint density at radius 2 is 1.13 bits per heavy atom. The predicted octanol–water partition coefficient (Wildman–Crippen LogP) is 17.3. The maximum Gasteiger partial charge on any atom is 0.0462 e. The van der Waals surface area contributed by atoms with Crippen molar-refractivity contribution in [2.75, 3.05) is 16.3 Å². The van der Waals surface area contributed by atoms with Crippen LogP contribution in [-0.4, -0.2) is 12.6 Å². The molecule has 2 heteroatoms. The summed E-state index contributed by atoms with van der Waals surface area (Å²) < 4.78 is 0. The fraction of sp³-hybridized carbons (Fsp3) is 0.180. The first kappa shape index (κ1) is 44.2. The molecule has 0 amide bonds. The van der Waals surface area contributed by atoms with Crippen molar-refractivity contribution in [3.05, 3.63) is 241 Å².